The van der Waals surface area contributed by atoms with Crippen LogP contribution in [0.15, 0.2) is 4.99 Å². The molecular weight excluding hydrogens is 371 g/mol. The molecular formula is C13H31IN4S. The van der Waals surface area contributed by atoms with Crippen LogP contribution in [-0.2, 0) is 0 Å². The second-order valence-electron chi connectivity index (χ2n) is 4.28. The van der Waals surface area contributed by atoms with Gasteiger partial charge in [-0.15, -0.1) is 24.0 Å². The van der Waals surface area contributed by atoms with Crippen molar-refractivity contribution in [1.82, 2.24) is 15.5 Å². The maximum absolute atomic E-state index is 4.57. The van der Waals surface area contributed by atoms with Crippen molar-refractivity contribution < 1.29 is 0 Å². The molecule has 0 heterocycles. The summed E-state index contributed by atoms with van der Waals surface area (Å²) in [7, 11) is 2.13. The van der Waals surface area contributed by atoms with E-state index in [0.717, 1.165) is 38.7 Å². The third-order valence-electron chi connectivity index (χ3n) is 2.70. The molecule has 0 spiro atoms. The topological polar surface area (TPSA) is 39.7 Å². The average molecular weight is 402 g/mol. The number of aliphatic imine (C=N–C) groups is 1. The van der Waals surface area contributed by atoms with Gasteiger partial charge in [-0.3, -0.25) is 4.99 Å². The molecule has 0 aromatic carbocycles. The minimum absolute atomic E-state index is 0. The third kappa shape index (κ3) is 14.5. The zero-order valence-electron chi connectivity index (χ0n) is 12.9. The molecule has 0 unspecified atom stereocenters. The van der Waals surface area contributed by atoms with E-state index in [9.17, 15) is 0 Å². The van der Waals surface area contributed by atoms with Crippen molar-refractivity contribution >= 4 is 41.7 Å². The van der Waals surface area contributed by atoms with Crippen molar-refractivity contribution in [3.05, 3.63) is 0 Å². The number of nitrogens with zero attached hydrogens (tertiary/aromatic N) is 2. The van der Waals surface area contributed by atoms with Crippen LogP contribution in [0.25, 0.3) is 0 Å². The quantitative estimate of drug-likeness (QED) is 0.255. The highest BCUT2D eigenvalue weighted by molar-refractivity contribution is 14.0. The van der Waals surface area contributed by atoms with Gasteiger partial charge in [0.25, 0.3) is 0 Å². The molecule has 0 bridgehead atoms. The number of hydrogen-bond donors (Lipinski definition) is 2. The molecule has 0 rings (SSSR count). The first-order valence-corrected chi connectivity index (χ1v) is 8.33. The molecule has 0 atom stereocenters. The second kappa shape index (κ2) is 16.4. The Balaban J connectivity index is 0. The molecule has 0 radical (unpaired) electrons. The lowest BCUT2D eigenvalue weighted by Gasteiger charge is -2.16. The number of unbranched alkanes of at least 4 members (excludes halogenated alkanes) is 1. The molecule has 0 aliphatic carbocycles. The molecule has 0 aliphatic rings. The van der Waals surface area contributed by atoms with E-state index >= 15 is 0 Å². The Morgan fingerprint density at radius 3 is 2.53 bits per heavy atom. The number of likely N-dealkylation sites (N-methyl/N-ethyl adjacent to an activating group) is 1. The Labute approximate surface area is 140 Å². The van der Waals surface area contributed by atoms with Crippen LogP contribution in [0.3, 0.4) is 0 Å². The van der Waals surface area contributed by atoms with Crippen LogP contribution in [0.4, 0.5) is 0 Å². The van der Waals surface area contributed by atoms with Crippen molar-refractivity contribution in [2.45, 2.75) is 26.7 Å². The summed E-state index contributed by atoms with van der Waals surface area (Å²) in [6.07, 6.45) is 4.58. The summed E-state index contributed by atoms with van der Waals surface area (Å²) in [6, 6.07) is 0. The van der Waals surface area contributed by atoms with Gasteiger partial charge in [-0.1, -0.05) is 6.92 Å². The van der Waals surface area contributed by atoms with Crippen molar-refractivity contribution in [1.29, 1.82) is 0 Å². The highest BCUT2D eigenvalue weighted by atomic mass is 127. The smallest absolute Gasteiger partial charge is 0.191 e. The van der Waals surface area contributed by atoms with Crippen LogP contribution in [-0.4, -0.2) is 62.6 Å². The molecule has 0 saturated heterocycles. The van der Waals surface area contributed by atoms with E-state index in [1.54, 1.807) is 0 Å². The zero-order valence-corrected chi connectivity index (χ0v) is 16.0. The Morgan fingerprint density at radius 1 is 1.21 bits per heavy atom. The van der Waals surface area contributed by atoms with Crippen molar-refractivity contribution in [2.75, 3.05) is 51.8 Å². The molecule has 0 aliphatic heterocycles. The number of guanidine groups is 1. The van der Waals surface area contributed by atoms with E-state index < -0.39 is 0 Å². The fourth-order valence-corrected chi connectivity index (χ4v) is 1.91. The molecule has 0 aromatic rings. The minimum Gasteiger partial charge on any atom is -0.357 e. The molecule has 4 nitrogen and oxygen atoms in total. The molecule has 0 aromatic heterocycles. The number of thioether (sulfide) groups is 1. The summed E-state index contributed by atoms with van der Waals surface area (Å²) >= 11 is 1.91. The van der Waals surface area contributed by atoms with Gasteiger partial charge >= 0.3 is 0 Å². The second-order valence-corrected chi connectivity index (χ2v) is 5.27. The summed E-state index contributed by atoms with van der Waals surface area (Å²) in [5.74, 6) is 2.19. The number of hydrogen-bond acceptors (Lipinski definition) is 3. The largest absolute Gasteiger partial charge is 0.357 e. The Morgan fingerprint density at radius 2 is 1.95 bits per heavy atom. The van der Waals surface area contributed by atoms with E-state index in [1.807, 2.05) is 11.8 Å². The first-order valence-electron chi connectivity index (χ1n) is 6.94. The Hall–Kier alpha value is 0.310. The van der Waals surface area contributed by atoms with Crippen molar-refractivity contribution in [3.63, 3.8) is 0 Å². The van der Waals surface area contributed by atoms with Gasteiger partial charge in [0.15, 0.2) is 5.96 Å². The van der Waals surface area contributed by atoms with Gasteiger partial charge in [-0.25, -0.2) is 0 Å². The third-order valence-corrected chi connectivity index (χ3v) is 3.39. The minimum atomic E-state index is 0. The zero-order chi connectivity index (χ0) is 13.6. The van der Waals surface area contributed by atoms with Gasteiger partial charge in [0, 0.05) is 26.2 Å². The van der Waals surface area contributed by atoms with Crippen LogP contribution in [0.2, 0.25) is 0 Å². The Bertz CT molecular complexity index is 215. The van der Waals surface area contributed by atoms with Gasteiger partial charge in [-0.2, -0.15) is 11.8 Å². The molecule has 2 N–H and O–H groups in total. The van der Waals surface area contributed by atoms with Crippen LogP contribution in [0.5, 0.6) is 0 Å². The normalized spacial score (nSPS) is 11.3. The van der Waals surface area contributed by atoms with E-state index in [1.165, 1.54) is 18.6 Å². The van der Waals surface area contributed by atoms with Crippen LogP contribution >= 0.6 is 35.7 Å². The van der Waals surface area contributed by atoms with E-state index in [2.05, 4.69) is 47.7 Å². The van der Waals surface area contributed by atoms with Crippen LogP contribution in [0.1, 0.15) is 26.7 Å². The lowest BCUT2D eigenvalue weighted by Crippen LogP contribution is -2.41. The molecule has 0 saturated carbocycles. The first kappa shape index (κ1) is 21.6. The van der Waals surface area contributed by atoms with E-state index in [-0.39, 0.29) is 24.0 Å². The van der Waals surface area contributed by atoms with Crippen molar-refractivity contribution in [2.24, 2.45) is 4.99 Å². The molecule has 0 amide bonds. The lowest BCUT2D eigenvalue weighted by molar-refractivity contribution is 0.357. The molecule has 19 heavy (non-hydrogen) atoms. The van der Waals surface area contributed by atoms with E-state index in [4.69, 9.17) is 0 Å². The number of nitrogens with one attached hydrogen (secondary N) is 2. The standard InChI is InChI=1S/C13H30N4S.HI/c1-5-14-13(15-9-7-8-12-18-4)16-10-11-17(3)6-2;/h5-12H2,1-4H3,(H2,14,15,16);1H. The number of rotatable bonds is 10. The fourth-order valence-electron chi connectivity index (χ4n) is 1.41. The SMILES string of the molecule is CCNC(=NCCCCSC)NCCN(C)CC.I. The molecule has 6 heteroatoms. The fraction of sp³-hybridized carbons (Fsp3) is 0.923. The summed E-state index contributed by atoms with van der Waals surface area (Å²) in [5, 5.41) is 6.65. The maximum atomic E-state index is 4.57. The molecule has 116 valence electrons. The first-order chi connectivity index (χ1) is 8.74. The summed E-state index contributed by atoms with van der Waals surface area (Å²) in [6.45, 7) is 9.19. The molecule has 0 fully saturated rings. The van der Waals surface area contributed by atoms with Crippen LogP contribution < -0.4 is 10.6 Å². The van der Waals surface area contributed by atoms with Gasteiger partial charge in [0.2, 0.25) is 0 Å². The van der Waals surface area contributed by atoms with Gasteiger partial charge in [0.05, 0.1) is 0 Å². The number of halogens is 1. The average Bonchev–Trinajstić information content (AvgIpc) is 2.38. The lowest BCUT2D eigenvalue weighted by atomic mass is 10.3. The van der Waals surface area contributed by atoms with Crippen LogP contribution in [0, 0.1) is 0 Å². The summed E-state index contributed by atoms with van der Waals surface area (Å²) < 4.78 is 0. The maximum Gasteiger partial charge on any atom is 0.191 e. The monoisotopic (exact) mass is 402 g/mol. The highest BCUT2D eigenvalue weighted by Gasteiger charge is 1.98. The highest BCUT2D eigenvalue weighted by Crippen LogP contribution is 1.98. The summed E-state index contributed by atoms with van der Waals surface area (Å²) in [4.78, 5) is 6.86. The Kier molecular flexibility index (Phi) is 18.6. The summed E-state index contributed by atoms with van der Waals surface area (Å²) in [5.41, 5.74) is 0. The predicted molar refractivity (Wildman–Crippen MR) is 100 cm³/mol. The van der Waals surface area contributed by atoms with Gasteiger partial charge in [-0.05, 0) is 45.4 Å². The van der Waals surface area contributed by atoms with Gasteiger partial charge < -0.3 is 15.5 Å². The van der Waals surface area contributed by atoms with Gasteiger partial charge in [0.1, 0.15) is 0 Å². The van der Waals surface area contributed by atoms with Crippen molar-refractivity contribution in [3.8, 4) is 0 Å². The van der Waals surface area contributed by atoms with E-state index in [0.29, 0.717) is 0 Å². The predicted octanol–water partition coefficient (Wildman–Crippen LogP) is 2.25.